The first-order valence-corrected chi connectivity index (χ1v) is 13.0. The van der Waals surface area contributed by atoms with Crippen LogP contribution >= 0.6 is 0 Å². The fourth-order valence-corrected chi connectivity index (χ4v) is 7.42. The predicted molar refractivity (Wildman–Crippen MR) is 115 cm³/mol. The van der Waals surface area contributed by atoms with Gasteiger partial charge in [-0.1, -0.05) is 13.8 Å². The molecular formula is C24H24F18O5. The fraction of sp³-hybridized carbons (Fsp3) is 0.917. The van der Waals surface area contributed by atoms with E-state index in [0.717, 1.165) is 0 Å². The van der Waals surface area contributed by atoms with Gasteiger partial charge in [-0.2, -0.15) is 79.0 Å². The maximum absolute atomic E-state index is 14.2. The van der Waals surface area contributed by atoms with Gasteiger partial charge in [0.15, 0.2) is 0 Å². The number of hydrogen-bond acceptors (Lipinski definition) is 5. The number of ether oxygens (including phenoxy) is 2. The Kier molecular flexibility index (Phi) is 10.1. The van der Waals surface area contributed by atoms with Crippen LogP contribution in [-0.2, 0) is 19.1 Å². The van der Waals surface area contributed by atoms with E-state index >= 15 is 0 Å². The fourth-order valence-electron chi connectivity index (χ4n) is 7.42. The zero-order chi connectivity index (χ0) is 37.5. The molecule has 1 N–H and O–H groups in total. The van der Waals surface area contributed by atoms with E-state index < -0.39 is 120 Å². The molecule has 2 bridgehead atoms. The minimum atomic E-state index is -6.91. The number of carbonyl (C=O) groups excluding carboxylic acids is 2. The summed E-state index contributed by atoms with van der Waals surface area (Å²) in [6, 6.07) is 0. The Morgan fingerprint density at radius 2 is 0.745 bits per heavy atom. The molecule has 2 fully saturated rings. The van der Waals surface area contributed by atoms with Gasteiger partial charge >= 0.3 is 60.2 Å². The van der Waals surface area contributed by atoms with Gasteiger partial charge in [0.25, 0.3) is 5.60 Å². The number of esters is 2. The molecule has 0 spiro atoms. The topological polar surface area (TPSA) is 72.8 Å². The van der Waals surface area contributed by atoms with Gasteiger partial charge in [-0.15, -0.1) is 0 Å². The highest BCUT2D eigenvalue weighted by Crippen LogP contribution is 2.72. The van der Waals surface area contributed by atoms with E-state index in [9.17, 15) is 93.7 Å². The maximum atomic E-state index is 14.2. The summed E-state index contributed by atoms with van der Waals surface area (Å²) in [5, 5.41) is 10.3. The van der Waals surface area contributed by atoms with Crippen LogP contribution in [0, 0.1) is 41.4 Å². The smallest absolute Gasteiger partial charge is 0.437 e. The van der Waals surface area contributed by atoms with Crippen LogP contribution in [0.25, 0.3) is 0 Å². The van der Waals surface area contributed by atoms with E-state index in [0.29, 0.717) is 13.8 Å². The molecule has 6 atom stereocenters. The summed E-state index contributed by atoms with van der Waals surface area (Å²) in [7, 11) is 0. The third kappa shape index (κ3) is 6.29. The lowest BCUT2D eigenvalue weighted by Gasteiger charge is -2.47. The summed E-state index contributed by atoms with van der Waals surface area (Å²) in [4.78, 5) is 22.9. The average molecular weight is 734 g/mol. The molecule has 0 saturated heterocycles. The number of fused-ring (bicyclic) bond motifs is 2. The molecule has 2 aliphatic rings. The van der Waals surface area contributed by atoms with Crippen molar-refractivity contribution in [1.82, 2.24) is 0 Å². The van der Waals surface area contributed by atoms with Crippen LogP contribution in [0.4, 0.5) is 79.0 Å². The van der Waals surface area contributed by atoms with Crippen LogP contribution < -0.4 is 0 Å². The van der Waals surface area contributed by atoms with Gasteiger partial charge in [-0.05, 0) is 35.5 Å². The number of halogens is 18. The van der Waals surface area contributed by atoms with E-state index in [4.69, 9.17) is 0 Å². The van der Waals surface area contributed by atoms with E-state index in [1.807, 2.05) is 0 Å². The van der Waals surface area contributed by atoms with Gasteiger partial charge < -0.3 is 14.6 Å². The zero-order valence-electron chi connectivity index (χ0n) is 23.8. The van der Waals surface area contributed by atoms with Crippen molar-refractivity contribution in [3.8, 4) is 0 Å². The highest BCUT2D eigenvalue weighted by molar-refractivity contribution is 5.67. The monoisotopic (exact) mass is 734 g/mol. The van der Waals surface area contributed by atoms with Gasteiger partial charge in [0.2, 0.25) is 0 Å². The Morgan fingerprint density at radius 1 is 0.511 bits per heavy atom. The highest BCUT2D eigenvalue weighted by atomic mass is 19.4. The van der Waals surface area contributed by atoms with E-state index in [1.165, 1.54) is 0 Å². The van der Waals surface area contributed by atoms with Crippen molar-refractivity contribution in [2.24, 2.45) is 41.4 Å². The first kappa shape index (κ1) is 40.8. The van der Waals surface area contributed by atoms with Crippen molar-refractivity contribution in [1.29, 1.82) is 0 Å². The number of hydrogen-bond donors (Lipinski definition) is 1. The van der Waals surface area contributed by atoms with Gasteiger partial charge in [0.1, 0.15) is 0 Å². The first-order chi connectivity index (χ1) is 20.5. The molecule has 2 aliphatic carbocycles. The zero-order valence-corrected chi connectivity index (χ0v) is 23.8. The highest BCUT2D eigenvalue weighted by Gasteiger charge is 2.84. The van der Waals surface area contributed by atoms with E-state index in [2.05, 4.69) is 9.47 Å². The molecule has 6 unspecified atom stereocenters. The quantitative estimate of drug-likeness (QED) is 0.213. The largest absolute Gasteiger partial charge is 0.440 e. The lowest BCUT2D eigenvalue weighted by atomic mass is 9.63. The molecule has 0 heterocycles. The molecular weight excluding hydrogens is 710 g/mol. The molecule has 276 valence electrons. The summed E-state index contributed by atoms with van der Waals surface area (Å²) in [5.41, 5.74) is -17.9. The SMILES string of the molecule is CC(=O)OC(CC1C(CC(OC(C)=O)(C(F)(F)F)C(F)(F)F)C2C(C)C(C)C1C2C(O)(C(F)(F)F)C(F)(F)F)(C(F)(F)F)C(F)(F)F. The van der Waals surface area contributed by atoms with Crippen molar-refractivity contribution in [3.63, 3.8) is 0 Å². The van der Waals surface area contributed by atoms with Gasteiger partial charge in [-0.3, -0.25) is 9.59 Å². The summed E-state index contributed by atoms with van der Waals surface area (Å²) >= 11 is 0. The summed E-state index contributed by atoms with van der Waals surface area (Å²) in [5.74, 6) is -25.0. The molecule has 0 aliphatic heterocycles. The average Bonchev–Trinajstić information content (AvgIpc) is 3.22. The van der Waals surface area contributed by atoms with E-state index in [1.54, 1.807) is 0 Å². The molecule has 2 rings (SSSR count). The van der Waals surface area contributed by atoms with Crippen LogP contribution in [-0.4, -0.2) is 70.9 Å². The number of carbonyl (C=O) groups is 2. The van der Waals surface area contributed by atoms with Crippen molar-refractivity contribution < 1.29 is 103 Å². The number of aliphatic hydroxyl groups is 1. The first-order valence-electron chi connectivity index (χ1n) is 13.0. The van der Waals surface area contributed by atoms with Crippen LogP contribution in [0.2, 0.25) is 0 Å². The Morgan fingerprint density at radius 3 is 0.915 bits per heavy atom. The molecule has 0 amide bonds. The summed E-state index contributed by atoms with van der Waals surface area (Å²) < 4.78 is 262. The Balaban J connectivity index is 3.15. The second-order valence-electron chi connectivity index (χ2n) is 11.7. The maximum Gasteiger partial charge on any atom is 0.437 e. The summed E-state index contributed by atoms with van der Waals surface area (Å²) in [6.45, 7) is 1.20. The van der Waals surface area contributed by atoms with Crippen LogP contribution in [0.1, 0.15) is 40.5 Å². The minimum Gasteiger partial charge on any atom is -0.440 e. The third-order valence-electron chi connectivity index (χ3n) is 9.27. The molecule has 47 heavy (non-hydrogen) atoms. The summed E-state index contributed by atoms with van der Waals surface area (Å²) in [6.07, 6.45) is -47.4. The second kappa shape index (κ2) is 11.6. The van der Waals surface area contributed by atoms with Gasteiger partial charge in [0, 0.05) is 32.6 Å². The molecule has 0 aromatic carbocycles. The standard InChI is InChI=1S/C24H24F18O5/c1-7-8(2)14-12(6-17(21(31,32)33,22(34,35)36)47-10(4)44)11(5-16(19(25,26)27,20(28,29)30)46-9(3)43)13(7)15(14)18(45,23(37,38)39)24(40,41)42/h7-8,11-15,45H,5-6H2,1-4H3. The van der Waals surface area contributed by atoms with Crippen molar-refractivity contribution >= 4 is 11.9 Å². The van der Waals surface area contributed by atoms with Crippen LogP contribution in [0.5, 0.6) is 0 Å². The number of alkyl halides is 18. The molecule has 23 heteroatoms. The Labute approximate surface area is 251 Å². The molecule has 2 saturated carbocycles. The number of rotatable bonds is 7. The predicted octanol–water partition coefficient (Wildman–Crippen LogP) is 7.86. The second-order valence-corrected chi connectivity index (χ2v) is 11.7. The van der Waals surface area contributed by atoms with Gasteiger partial charge in [-0.25, -0.2) is 0 Å². The molecule has 0 aromatic heterocycles. The Hall–Kier alpha value is -2.36. The molecule has 5 nitrogen and oxygen atoms in total. The van der Waals surface area contributed by atoms with Crippen LogP contribution in [0.15, 0.2) is 0 Å². The normalized spacial score (nSPS) is 28.4. The van der Waals surface area contributed by atoms with Crippen molar-refractivity contribution in [2.45, 2.75) is 94.4 Å². The third-order valence-corrected chi connectivity index (χ3v) is 9.27. The van der Waals surface area contributed by atoms with Gasteiger partial charge in [0.05, 0.1) is 0 Å². The minimum absolute atomic E-state index is 0.0525. The lowest BCUT2D eigenvalue weighted by molar-refractivity contribution is -0.391. The van der Waals surface area contributed by atoms with Crippen LogP contribution in [0.3, 0.4) is 0 Å². The Bertz CT molecular complexity index is 1060. The lowest BCUT2D eigenvalue weighted by Crippen LogP contribution is -2.63. The van der Waals surface area contributed by atoms with Crippen molar-refractivity contribution in [2.75, 3.05) is 0 Å². The molecule has 0 radical (unpaired) electrons. The molecule has 0 aromatic rings. The van der Waals surface area contributed by atoms with E-state index in [-0.39, 0.29) is 13.8 Å². The van der Waals surface area contributed by atoms with Crippen molar-refractivity contribution in [3.05, 3.63) is 0 Å².